The van der Waals surface area contributed by atoms with Gasteiger partial charge in [0.2, 0.25) is 0 Å². The Morgan fingerprint density at radius 1 is 0.944 bits per heavy atom. The van der Waals surface area contributed by atoms with Crippen molar-refractivity contribution in [2.45, 2.75) is 0 Å². The predicted octanol–water partition coefficient (Wildman–Crippen LogP) is 4.46. The Balaban J connectivity index is 1.94. The lowest BCUT2D eigenvalue weighted by atomic mass is 10.3. The van der Waals surface area contributed by atoms with E-state index in [1.807, 2.05) is 12.1 Å². The zero-order valence-electron chi connectivity index (χ0n) is 9.32. The summed E-state index contributed by atoms with van der Waals surface area (Å²) in [6.45, 7) is -3.58. The van der Waals surface area contributed by atoms with Crippen molar-refractivity contribution < 1.29 is 14.1 Å². The number of rotatable bonds is 5. The van der Waals surface area contributed by atoms with Crippen LogP contribution < -0.4 is 9.97 Å². The molecule has 2 rings (SSSR count). The first kappa shape index (κ1) is 13.0. The summed E-state index contributed by atoms with van der Waals surface area (Å²) in [4.78, 5) is 4.89. The summed E-state index contributed by atoms with van der Waals surface area (Å²) < 4.78 is 16.6. The van der Waals surface area contributed by atoms with Crippen molar-refractivity contribution in [3.8, 4) is 5.75 Å². The highest BCUT2D eigenvalue weighted by Crippen LogP contribution is 2.51. The fourth-order valence-corrected chi connectivity index (χ4v) is 2.31. The van der Waals surface area contributed by atoms with Crippen molar-refractivity contribution in [1.29, 1.82) is 0 Å². The van der Waals surface area contributed by atoms with Gasteiger partial charge >= 0.3 is 6.87 Å². The molecule has 6 heteroatoms. The molecule has 0 fully saturated rings. The molecule has 0 bridgehead atoms. The van der Waals surface area contributed by atoms with Crippen LogP contribution >= 0.6 is 18.1 Å². The fraction of sp³-hybridized carbons (Fsp3) is 0. The maximum atomic E-state index is 11.9. The Hall–Kier alpha value is -1.48. The molecule has 0 aromatic heterocycles. The van der Waals surface area contributed by atoms with Crippen LogP contribution in [0.15, 0.2) is 60.7 Å². The van der Waals surface area contributed by atoms with Crippen molar-refractivity contribution >= 4 is 23.8 Å². The van der Waals surface area contributed by atoms with Crippen LogP contribution in [0.25, 0.3) is 0 Å². The van der Waals surface area contributed by atoms with Crippen molar-refractivity contribution in [1.82, 2.24) is 0 Å². The van der Waals surface area contributed by atoms with Gasteiger partial charge in [-0.25, -0.2) is 4.57 Å². The third-order valence-corrected chi connectivity index (χ3v) is 3.22. The maximum absolute atomic E-state index is 11.9. The van der Waals surface area contributed by atoms with Crippen molar-refractivity contribution in [2.24, 2.45) is 0 Å². The minimum absolute atomic E-state index is 0.424. The molecule has 0 saturated carbocycles. The topological polar surface area (TPSA) is 47.6 Å². The molecule has 0 saturated heterocycles. The van der Waals surface area contributed by atoms with E-state index in [9.17, 15) is 4.57 Å². The first-order chi connectivity index (χ1) is 8.66. The van der Waals surface area contributed by atoms with Crippen LogP contribution in [0.4, 0.5) is 5.69 Å². The zero-order chi connectivity index (χ0) is 12.8. The van der Waals surface area contributed by atoms with Crippen LogP contribution in [0.5, 0.6) is 5.75 Å². The summed E-state index contributed by atoms with van der Waals surface area (Å²) in [6, 6.07) is 17.6. The van der Waals surface area contributed by atoms with Crippen molar-refractivity contribution in [2.75, 3.05) is 5.09 Å². The molecule has 2 aromatic carbocycles. The molecule has 4 nitrogen and oxygen atoms in total. The Kier molecular flexibility index (Phi) is 4.26. The number of nitrogens with one attached hydrogen (secondary N) is 1. The van der Waals surface area contributed by atoms with Gasteiger partial charge in [0, 0.05) is 5.69 Å². The normalized spacial score (nSPS) is 13.6. The monoisotopic (exact) mass is 283 g/mol. The van der Waals surface area contributed by atoms with Gasteiger partial charge in [-0.2, -0.15) is 0 Å². The third kappa shape index (κ3) is 4.08. The quantitative estimate of drug-likeness (QED) is 0.500. The second kappa shape index (κ2) is 5.91. The summed E-state index contributed by atoms with van der Waals surface area (Å²) in [5, 5.41) is 2.56. The van der Waals surface area contributed by atoms with E-state index in [1.54, 1.807) is 48.5 Å². The van der Waals surface area contributed by atoms with Crippen molar-refractivity contribution in [3.63, 3.8) is 0 Å². The number of anilines is 1. The van der Waals surface area contributed by atoms with Crippen LogP contribution in [0.2, 0.25) is 0 Å². The number of benzene rings is 2. The Morgan fingerprint density at radius 2 is 1.50 bits per heavy atom. The SMILES string of the molecule is O=P(Cl)(Nc1ccccc1)OOc1ccccc1. The molecule has 0 aliphatic carbocycles. The fourth-order valence-electron chi connectivity index (χ4n) is 1.25. The molecule has 0 aliphatic heterocycles. The Labute approximate surface area is 110 Å². The molecule has 1 atom stereocenters. The summed E-state index contributed by atoms with van der Waals surface area (Å²) >= 11 is 5.72. The molecular weight excluding hydrogens is 273 g/mol. The summed E-state index contributed by atoms with van der Waals surface area (Å²) in [6.07, 6.45) is 0. The van der Waals surface area contributed by atoms with Gasteiger partial charge in [-0.15, -0.1) is 0 Å². The van der Waals surface area contributed by atoms with Gasteiger partial charge in [-0.05, 0) is 35.5 Å². The Bertz CT molecular complexity index is 536. The minimum atomic E-state index is -3.58. The van der Waals surface area contributed by atoms with Gasteiger partial charge in [0.1, 0.15) is 0 Å². The molecule has 0 radical (unpaired) electrons. The lowest BCUT2D eigenvalue weighted by Gasteiger charge is -2.12. The van der Waals surface area contributed by atoms with Crippen molar-refractivity contribution in [3.05, 3.63) is 60.7 Å². The lowest BCUT2D eigenvalue weighted by Crippen LogP contribution is -1.99. The van der Waals surface area contributed by atoms with Gasteiger partial charge in [-0.1, -0.05) is 41.1 Å². The van der Waals surface area contributed by atoms with E-state index in [-0.39, 0.29) is 0 Å². The van der Waals surface area contributed by atoms with E-state index in [1.165, 1.54) is 0 Å². The smallest absolute Gasteiger partial charge is 0.328 e. The summed E-state index contributed by atoms with van der Waals surface area (Å²) in [5.41, 5.74) is 0.590. The first-order valence-corrected chi connectivity index (χ1v) is 7.73. The molecule has 94 valence electrons. The molecule has 18 heavy (non-hydrogen) atoms. The minimum Gasteiger partial charge on any atom is -0.328 e. The predicted molar refractivity (Wildman–Crippen MR) is 71.7 cm³/mol. The highest BCUT2D eigenvalue weighted by Gasteiger charge is 2.21. The van der Waals surface area contributed by atoms with E-state index in [4.69, 9.17) is 20.8 Å². The lowest BCUT2D eigenvalue weighted by molar-refractivity contribution is -0.0931. The van der Waals surface area contributed by atoms with Crippen LogP contribution in [-0.4, -0.2) is 0 Å². The van der Waals surface area contributed by atoms with Gasteiger partial charge in [0.25, 0.3) is 0 Å². The molecule has 0 aliphatic rings. The third-order valence-electron chi connectivity index (χ3n) is 2.01. The molecule has 0 amide bonds. The first-order valence-electron chi connectivity index (χ1n) is 5.20. The highest BCUT2D eigenvalue weighted by atomic mass is 35.7. The molecule has 0 heterocycles. The van der Waals surface area contributed by atoms with Gasteiger partial charge in [0.05, 0.1) is 0 Å². The second-order valence-electron chi connectivity index (χ2n) is 3.43. The van der Waals surface area contributed by atoms with Crippen LogP contribution in [0.1, 0.15) is 0 Å². The second-order valence-corrected chi connectivity index (χ2v) is 6.10. The van der Waals surface area contributed by atoms with Gasteiger partial charge in [-0.3, -0.25) is 0 Å². The molecule has 0 spiro atoms. The molecule has 1 unspecified atom stereocenters. The van der Waals surface area contributed by atoms with E-state index in [0.717, 1.165) is 0 Å². The van der Waals surface area contributed by atoms with E-state index < -0.39 is 6.87 Å². The molecular formula is C12H11ClNO3P. The Morgan fingerprint density at radius 3 is 2.11 bits per heavy atom. The van der Waals surface area contributed by atoms with Crippen LogP contribution in [0.3, 0.4) is 0 Å². The standard InChI is InChI=1S/C12H11ClNO3P/c13-18(15,14-11-7-3-1-4-8-11)17-16-12-9-5-2-6-10-12/h1-10H,(H,14,15). The number of hydrogen-bond acceptors (Lipinski definition) is 3. The van der Waals surface area contributed by atoms with E-state index >= 15 is 0 Å². The maximum Gasteiger partial charge on any atom is 0.422 e. The van der Waals surface area contributed by atoms with E-state index in [2.05, 4.69) is 5.09 Å². The number of para-hydroxylation sites is 2. The number of hydrogen-bond donors (Lipinski definition) is 1. The van der Waals surface area contributed by atoms with Crippen LogP contribution in [0, 0.1) is 0 Å². The zero-order valence-corrected chi connectivity index (χ0v) is 11.0. The van der Waals surface area contributed by atoms with E-state index in [0.29, 0.717) is 11.4 Å². The summed E-state index contributed by atoms with van der Waals surface area (Å²) in [5.74, 6) is 0.424. The average molecular weight is 284 g/mol. The van der Waals surface area contributed by atoms with Gasteiger partial charge in [0.15, 0.2) is 5.75 Å². The van der Waals surface area contributed by atoms with Gasteiger partial charge < -0.3 is 9.97 Å². The van der Waals surface area contributed by atoms with Crippen LogP contribution in [-0.2, 0) is 9.24 Å². The average Bonchev–Trinajstić information content (AvgIpc) is 2.38. The summed E-state index contributed by atoms with van der Waals surface area (Å²) in [7, 11) is 0. The number of halogens is 1. The largest absolute Gasteiger partial charge is 0.422 e. The molecule has 1 N–H and O–H groups in total. The molecule has 2 aromatic rings. The highest BCUT2D eigenvalue weighted by molar-refractivity contribution is 7.86.